The van der Waals surface area contributed by atoms with Crippen LogP contribution in [-0.4, -0.2) is 16.1 Å². The van der Waals surface area contributed by atoms with Gasteiger partial charge in [-0.25, -0.2) is 4.79 Å². The third-order valence-electron chi connectivity index (χ3n) is 3.40. The second-order valence-corrected chi connectivity index (χ2v) is 5.17. The zero-order valence-electron chi connectivity index (χ0n) is 11.4. The number of aryl methyl sites for hydroxylation is 2. The Balaban J connectivity index is 2.15. The Bertz CT molecular complexity index is 795. The second-order valence-electron chi connectivity index (χ2n) is 5.17. The first kappa shape index (κ1) is 12.5. The number of aromatic nitrogens is 1. The summed E-state index contributed by atoms with van der Waals surface area (Å²) in [7, 11) is 0. The third-order valence-corrected chi connectivity index (χ3v) is 3.40. The number of carboxylic acids is 1. The molecule has 3 nitrogen and oxygen atoms in total. The first-order valence-corrected chi connectivity index (χ1v) is 6.48. The Kier molecular flexibility index (Phi) is 2.83. The molecule has 2 N–H and O–H groups in total. The molecule has 0 saturated heterocycles. The van der Waals surface area contributed by atoms with E-state index in [-0.39, 0.29) is 0 Å². The summed E-state index contributed by atoms with van der Waals surface area (Å²) < 4.78 is 0. The van der Waals surface area contributed by atoms with Gasteiger partial charge in [0.05, 0.1) is 5.56 Å². The highest BCUT2D eigenvalue weighted by molar-refractivity contribution is 5.95. The molecule has 0 aliphatic rings. The number of aromatic amines is 1. The number of H-pyrrole nitrogens is 1. The number of nitrogens with one attached hydrogen (secondary N) is 1. The van der Waals surface area contributed by atoms with Crippen molar-refractivity contribution < 1.29 is 9.90 Å². The molecule has 3 rings (SSSR count). The molecule has 0 amide bonds. The lowest BCUT2D eigenvalue weighted by Crippen LogP contribution is -1.94. The molecule has 3 aromatic rings. The van der Waals surface area contributed by atoms with Crippen molar-refractivity contribution in [3.63, 3.8) is 0 Å². The van der Waals surface area contributed by atoms with E-state index in [1.54, 1.807) is 12.1 Å². The molecule has 20 heavy (non-hydrogen) atoms. The number of aromatic carboxylic acids is 1. The van der Waals surface area contributed by atoms with Crippen LogP contribution in [0.3, 0.4) is 0 Å². The lowest BCUT2D eigenvalue weighted by atomic mass is 10.0. The fourth-order valence-corrected chi connectivity index (χ4v) is 2.55. The molecule has 0 aliphatic heterocycles. The summed E-state index contributed by atoms with van der Waals surface area (Å²) in [5.41, 5.74) is 5.81. The van der Waals surface area contributed by atoms with E-state index >= 15 is 0 Å². The Labute approximate surface area is 116 Å². The van der Waals surface area contributed by atoms with Crippen LogP contribution in [-0.2, 0) is 0 Å². The molecule has 0 fully saturated rings. The van der Waals surface area contributed by atoms with E-state index < -0.39 is 5.97 Å². The van der Waals surface area contributed by atoms with Crippen molar-refractivity contribution in [2.75, 3.05) is 0 Å². The quantitative estimate of drug-likeness (QED) is 0.731. The smallest absolute Gasteiger partial charge is 0.335 e. The van der Waals surface area contributed by atoms with Crippen molar-refractivity contribution in [2.45, 2.75) is 13.8 Å². The van der Waals surface area contributed by atoms with Gasteiger partial charge in [-0.1, -0.05) is 17.2 Å². The molecular formula is C17H15NO2. The molecule has 2 aromatic carbocycles. The maximum absolute atomic E-state index is 11.0. The monoisotopic (exact) mass is 265 g/mol. The van der Waals surface area contributed by atoms with Gasteiger partial charge < -0.3 is 10.1 Å². The highest BCUT2D eigenvalue weighted by Crippen LogP contribution is 2.26. The largest absolute Gasteiger partial charge is 0.478 e. The second kappa shape index (κ2) is 4.53. The number of rotatable bonds is 2. The Morgan fingerprint density at radius 2 is 1.70 bits per heavy atom. The van der Waals surface area contributed by atoms with E-state index in [1.165, 1.54) is 11.1 Å². The van der Waals surface area contributed by atoms with Crippen LogP contribution in [0, 0.1) is 13.8 Å². The summed E-state index contributed by atoms with van der Waals surface area (Å²) in [5.74, 6) is -0.902. The minimum atomic E-state index is -0.902. The number of hydrogen-bond acceptors (Lipinski definition) is 1. The van der Waals surface area contributed by atoms with Crippen molar-refractivity contribution in [1.82, 2.24) is 4.98 Å². The number of hydrogen-bond donors (Lipinski definition) is 2. The summed E-state index contributed by atoms with van der Waals surface area (Å²) >= 11 is 0. The highest BCUT2D eigenvalue weighted by Gasteiger charge is 2.08. The van der Waals surface area contributed by atoms with Crippen molar-refractivity contribution in [1.29, 1.82) is 0 Å². The minimum Gasteiger partial charge on any atom is -0.478 e. The van der Waals surface area contributed by atoms with Gasteiger partial charge in [0.1, 0.15) is 0 Å². The maximum Gasteiger partial charge on any atom is 0.335 e. The van der Waals surface area contributed by atoms with Crippen molar-refractivity contribution in [3.05, 3.63) is 59.2 Å². The molecule has 100 valence electrons. The topological polar surface area (TPSA) is 53.1 Å². The van der Waals surface area contributed by atoms with Crippen LogP contribution in [0.1, 0.15) is 21.5 Å². The third kappa shape index (κ3) is 2.18. The Morgan fingerprint density at radius 3 is 2.35 bits per heavy atom. The number of carboxylic acid groups (broad SMARTS) is 1. The SMILES string of the molecule is Cc1cc(C)cc(-c2cc3cc(C(=O)O)ccc3[nH]2)c1. The fraction of sp³-hybridized carbons (Fsp3) is 0.118. The van der Waals surface area contributed by atoms with Crippen LogP contribution in [0.5, 0.6) is 0 Å². The molecule has 0 atom stereocenters. The Morgan fingerprint density at radius 1 is 1.00 bits per heavy atom. The van der Waals surface area contributed by atoms with Gasteiger partial charge >= 0.3 is 5.97 Å². The molecule has 0 spiro atoms. The van der Waals surface area contributed by atoms with Gasteiger partial charge in [0.25, 0.3) is 0 Å². The average molecular weight is 265 g/mol. The predicted octanol–water partition coefficient (Wildman–Crippen LogP) is 4.15. The molecule has 0 radical (unpaired) electrons. The standard InChI is InChI=1S/C17H15NO2/c1-10-5-11(2)7-13(6-10)16-9-14-8-12(17(19)20)3-4-15(14)18-16/h3-9,18H,1-2H3,(H,19,20). The lowest BCUT2D eigenvalue weighted by Gasteiger charge is -2.02. The molecule has 1 aromatic heterocycles. The summed E-state index contributed by atoms with van der Waals surface area (Å²) in [6.07, 6.45) is 0. The normalized spacial score (nSPS) is 10.9. The van der Waals surface area contributed by atoms with E-state index in [0.29, 0.717) is 5.56 Å². The first-order valence-electron chi connectivity index (χ1n) is 6.48. The zero-order chi connectivity index (χ0) is 14.3. The first-order chi connectivity index (χ1) is 9.52. The van der Waals surface area contributed by atoms with Crippen LogP contribution < -0.4 is 0 Å². The number of carbonyl (C=O) groups is 1. The molecular weight excluding hydrogens is 250 g/mol. The van der Waals surface area contributed by atoms with Crippen LogP contribution >= 0.6 is 0 Å². The molecule has 0 bridgehead atoms. The maximum atomic E-state index is 11.0. The fourth-order valence-electron chi connectivity index (χ4n) is 2.55. The van der Waals surface area contributed by atoms with E-state index in [4.69, 9.17) is 5.11 Å². The van der Waals surface area contributed by atoms with Crippen LogP contribution in [0.15, 0.2) is 42.5 Å². The molecule has 0 saturated carbocycles. The van der Waals surface area contributed by atoms with E-state index in [1.807, 2.05) is 12.1 Å². The van der Waals surface area contributed by atoms with E-state index in [9.17, 15) is 4.79 Å². The van der Waals surface area contributed by atoms with Gasteiger partial charge in [-0.2, -0.15) is 0 Å². The predicted molar refractivity (Wildman–Crippen MR) is 80.2 cm³/mol. The van der Waals surface area contributed by atoms with Gasteiger partial charge in [0, 0.05) is 16.6 Å². The molecule has 1 heterocycles. The summed E-state index contributed by atoms with van der Waals surface area (Å²) in [4.78, 5) is 14.3. The van der Waals surface area contributed by atoms with Crippen LogP contribution in [0.2, 0.25) is 0 Å². The van der Waals surface area contributed by atoms with Crippen LogP contribution in [0.4, 0.5) is 0 Å². The lowest BCUT2D eigenvalue weighted by molar-refractivity contribution is 0.0697. The average Bonchev–Trinajstić information content (AvgIpc) is 2.80. The van der Waals surface area contributed by atoms with Gasteiger partial charge in [0.2, 0.25) is 0 Å². The van der Waals surface area contributed by atoms with Crippen LogP contribution in [0.25, 0.3) is 22.2 Å². The Hall–Kier alpha value is -2.55. The molecule has 3 heteroatoms. The van der Waals surface area contributed by atoms with Gasteiger partial charge in [-0.15, -0.1) is 0 Å². The number of benzene rings is 2. The summed E-state index contributed by atoms with van der Waals surface area (Å²) in [5, 5.41) is 9.95. The van der Waals surface area contributed by atoms with E-state index in [2.05, 4.69) is 37.0 Å². The van der Waals surface area contributed by atoms with E-state index in [0.717, 1.165) is 22.2 Å². The van der Waals surface area contributed by atoms with Gasteiger partial charge in [-0.05, 0) is 55.8 Å². The summed E-state index contributed by atoms with van der Waals surface area (Å²) in [6.45, 7) is 4.14. The highest BCUT2D eigenvalue weighted by atomic mass is 16.4. The zero-order valence-corrected chi connectivity index (χ0v) is 11.4. The molecule has 0 unspecified atom stereocenters. The van der Waals surface area contributed by atoms with Crippen molar-refractivity contribution in [2.24, 2.45) is 0 Å². The molecule has 0 aliphatic carbocycles. The summed E-state index contributed by atoms with van der Waals surface area (Å²) in [6, 6.07) is 13.5. The van der Waals surface area contributed by atoms with Crippen molar-refractivity contribution >= 4 is 16.9 Å². The van der Waals surface area contributed by atoms with Crippen molar-refractivity contribution in [3.8, 4) is 11.3 Å². The van der Waals surface area contributed by atoms with Gasteiger partial charge in [-0.3, -0.25) is 0 Å². The minimum absolute atomic E-state index is 0.309. The number of fused-ring (bicyclic) bond motifs is 1. The van der Waals surface area contributed by atoms with Gasteiger partial charge in [0.15, 0.2) is 0 Å².